The van der Waals surface area contributed by atoms with Crippen molar-refractivity contribution in [1.29, 1.82) is 0 Å². The van der Waals surface area contributed by atoms with Crippen LogP contribution in [0.4, 0.5) is 5.69 Å². The number of carbonyl (C=O) groups excluding carboxylic acids is 1. The Bertz CT molecular complexity index is 1120. The van der Waals surface area contributed by atoms with Crippen LogP contribution in [0.1, 0.15) is 16.1 Å². The molecule has 1 heterocycles. The van der Waals surface area contributed by atoms with Gasteiger partial charge in [0.15, 0.2) is 0 Å². The lowest BCUT2D eigenvalue weighted by Gasteiger charge is -2.08. The van der Waals surface area contributed by atoms with Gasteiger partial charge in [-0.3, -0.25) is 4.79 Å². The number of carbonyl (C=O) groups is 1. The molecule has 0 saturated heterocycles. The summed E-state index contributed by atoms with van der Waals surface area (Å²) in [5.74, 6) is 0.554. The number of nitrogens with one attached hydrogen (secondary N) is 1. The molecule has 29 heavy (non-hydrogen) atoms. The molecule has 0 unspecified atom stereocenters. The molecule has 5 nitrogen and oxygen atoms in total. The van der Waals surface area contributed by atoms with Crippen LogP contribution in [-0.2, 0) is 0 Å². The zero-order valence-corrected chi connectivity index (χ0v) is 16.3. The third-order valence-electron chi connectivity index (χ3n) is 4.64. The van der Waals surface area contributed by atoms with Gasteiger partial charge < -0.3 is 10.1 Å². The van der Waals surface area contributed by atoms with Crippen LogP contribution < -0.4 is 10.1 Å². The van der Waals surface area contributed by atoms with Gasteiger partial charge in [0, 0.05) is 11.3 Å². The van der Waals surface area contributed by atoms with Crippen LogP contribution in [0.25, 0.3) is 16.9 Å². The minimum Gasteiger partial charge on any atom is -0.497 e. The van der Waals surface area contributed by atoms with E-state index < -0.39 is 0 Å². The highest BCUT2D eigenvalue weighted by molar-refractivity contribution is 6.04. The number of anilines is 1. The van der Waals surface area contributed by atoms with Gasteiger partial charge in [-0.2, -0.15) is 5.10 Å². The van der Waals surface area contributed by atoms with E-state index >= 15 is 0 Å². The molecule has 0 aliphatic heterocycles. The topological polar surface area (TPSA) is 56.1 Å². The molecule has 4 aromatic rings. The molecule has 0 bridgehead atoms. The van der Waals surface area contributed by atoms with E-state index in [1.165, 1.54) is 0 Å². The van der Waals surface area contributed by atoms with Crippen molar-refractivity contribution in [1.82, 2.24) is 9.78 Å². The summed E-state index contributed by atoms with van der Waals surface area (Å²) in [7, 11) is 1.63. The summed E-state index contributed by atoms with van der Waals surface area (Å²) in [4.78, 5) is 13.0. The predicted octanol–water partition coefficient (Wildman–Crippen LogP) is 5.11. The van der Waals surface area contributed by atoms with Crippen LogP contribution in [0, 0.1) is 6.92 Å². The highest BCUT2D eigenvalue weighted by Gasteiger charge is 2.18. The molecule has 0 aliphatic carbocycles. The molecule has 5 heteroatoms. The molecule has 0 aliphatic rings. The van der Waals surface area contributed by atoms with Crippen LogP contribution in [0.5, 0.6) is 5.75 Å². The highest BCUT2D eigenvalue weighted by Crippen LogP contribution is 2.24. The molecule has 1 aromatic heterocycles. The fourth-order valence-corrected chi connectivity index (χ4v) is 3.04. The van der Waals surface area contributed by atoms with E-state index in [2.05, 4.69) is 5.32 Å². The van der Waals surface area contributed by atoms with Crippen LogP contribution >= 0.6 is 0 Å². The van der Waals surface area contributed by atoms with Gasteiger partial charge in [0.05, 0.1) is 18.5 Å². The van der Waals surface area contributed by atoms with E-state index in [0.717, 1.165) is 28.3 Å². The summed E-state index contributed by atoms with van der Waals surface area (Å²) in [6.45, 7) is 2.01. The molecule has 144 valence electrons. The van der Waals surface area contributed by atoms with Crippen molar-refractivity contribution in [3.8, 4) is 22.7 Å². The van der Waals surface area contributed by atoms with Crippen LogP contribution in [-0.4, -0.2) is 22.8 Å². The van der Waals surface area contributed by atoms with Gasteiger partial charge in [-0.05, 0) is 61.5 Å². The molecule has 0 spiro atoms. The summed E-state index contributed by atoms with van der Waals surface area (Å²) in [5, 5.41) is 7.66. The molecular formula is C24H21N3O2. The number of hydrogen-bond donors (Lipinski definition) is 1. The van der Waals surface area contributed by atoms with Crippen molar-refractivity contribution in [2.75, 3.05) is 12.4 Å². The Morgan fingerprint density at radius 1 is 0.931 bits per heavy atom. The minimum absolute atomic E-state index is 0.218. The minimum atomic E-state index is -0.218. The highest BCUT2D eigenvalue weighted by atomic mass is 16.5. The first-order valence-electron chi connectivity index (χ1n) is 9.32. The largest absolute Gasteiger partial charge is 0.497 e. The van der Waals surface area contributed by atoms with Crippen LogP contribution in [0.15, 0.2) is 84.9 Å². The standard InChI is InChI=1S/C24H21N3O2/c1-17-8-12-19(13-9-17)25-24(28)23-16-22(18-10-14-21(29-2)15-11-18)26-27(23)20-6-4-3-5-7-20/h3-16H,1-2H3,(H,25,28). The third-order valence-corrected chi connectivity index (χ3v) is 4.64. The molecule has 3 aromatic carbocycles. The summed E-state index contributed by atoms with van der Waals surface area (Å²) < 4.78 is 6.90. The number of nitrogens with zero attached hydrogens (tertiary/aromatic N) is 2. The number of aryl methyl sites for hydroxylation is 1. The second-order valence-electron chi connectivity index (χ2n) is 6.71. The Morgan fingerprint density at radius 3 is 2.28 bits per heavy atom. The van der Waals surface area contributed by atoms with E-state index in [9.17, 15) is 4.79 Å². The van der Waals surface area contributed by atoms with Crippen molar-refractivity contribution in [3.05, 3.63) is 96.2 Å². The molecule has 1 N–H and O–H groups in total. The quantitative estimate of drug-likeness (QED) is 0.521. The monoisotopic (exact) mass is 383 g/mol. The van der Waals surface area contributed by atoms with E-state index in [4.69, 9.17) is 9.84 Å². The maximum atomic E-state index is 13.0. The van der Waals surface area contributed by atoms with Crippen molar-refractivity contribution < 1.29 is 9.53 Å². The molecule has 0 saturated carbocycles. The molecule has 1 amide bonds. The first-order valence-corrected chi connectivity index (χ1v) is 9.32. The molecule has 0 radical (unpaired) electrons. The lowest BCUT2D eigenvalue weighted by molar-refractivity contribution is 0.101. The normalized spacial score (nSPS) is 10.6. The summed E-state index contributed by atoms with van der Waals surface area (Å²) in [5.41, 5.74) is 4.78. The van der Waals surface area contributed by atoms with E-state index in [1.54, 1.807) is 17.9 Å². The molecule has 0 atom stereocenters. The Balaban J connectivity index is 1.73. The van der Waals surface area contributed by atoms with Crippen molar-refractivity contribution in [2.24, 2.45) is 0 Å². The van der Waals surface area contributed by atoms with Crippen molar-refractivity contribution in [3.63, 3.8) is 0 Å². The van der Waals surface area contributed by atoms with Gasteiger partial charge in [-0.1, -0.05) is 35.9 Å². The zero-order valence-electron chi connectivity index (χ0n) is 16.3. The number of amides is 1. The average molecular weight is 383 g/mol. The van der Waals surface area contributed by atoms with Gasteiger partial charge in [-0.15, -0.1) is 0 Å². The Hall–Kier alpha value is -3.86. The molecule has 0 fully saturated rings. The lowest BCUT2D eigenvalue weighted by atomic mass is 10.1. The summed E-state index contributed by atoms with van der Waals surface area (Å²) >= 11 is 0. The number of aromatic nitrogens is 2. The average Bonchev–Trinajstić information content (AvgIpc) is 3.22. The zero-order chi connectivity index (χ0) is 20.2. The predicted molar refractivity (Wildman–Crippen MR) is 115 cm³/mol. The number of para-hydroxylation sites is 1. The maximum Gasteiger partial charge on any atom is 0.274 e. The van der Waals surface area contributed by atoms with E-state index in [1.807, 2.05) is 85.8 Å². The number of rotatable bonds is 5. The van der Waals surface area contributed by atoms with Crippen LogP contribution in [0.2, 0.25) is 0 Å². The van der Waals surface area contributed by atoms with Gasteiger partial charge >= 0.3 is 0 Å². The second kappa shape index (κ2) is 8.02. The third kappa shape index (κ3) is 4.04. The van der Waals surface area contributed by atoms with Gasteiger partial charge in [0.25, 0.3) is 5.91 Å². The Kier molecular flexibility index (Phi) is 5.12. The number of methoxy groups -OCH3 is 1. The van der Waals surface area contributed by atoms with Crippen molar-refractivity contribution >= 4 is 11.6 Å². The number of ether oxygens (including phenoxy) is 1. The van der Waals surface area contributed by atoms with Gasteiger partial charge in [-0.25, -0.2) is 4.68 Å². The number of benzene rings is 3. The first kappa shape index (κ1) is 18.5. The summed E-state index contributed by atoms with van der Waals surface area (Å²) in [6, 6.07) is 26.8. The summed E-state index contributed by atoms with van der Waals surface area (Å²) in [6.07, 6.45) is 0. The SMILES string of the molecule is COc1ccc(-c2cc(C(=O)Nc3ccc(C)cc3)n(-c3ccccc3)n2)cc1. The Morgan fingerprint density at radius 2 is 1.62 bits per heavy atom. The molecular weight excluding hydrogens is 362 g/mol. The van der Waals surface area contributed by atoms with Gasteiger partial charge in [0.2, 0.25) is 0 Å². The maximum absolute atomic E-state index is 13.0. The fourth-order valence-electron chi connectivity index (χ4n) is 3.04. The Labute approximate surface area is 169 Å². The van der Waals surface area contributed by atoms with Crippen LogP contribution in [0.3, 0.4) is 0 Å². The van der Waals surface area contributed by atoms with Crippen molar-refractivity contribution in [2.45, 2.75) is 6.92 Å². The fraction of sp³-hybridized carbons (Fsp3) is 0.0833. The van der Waals surface area contributed by atoms with E-state index in [-0.39, 0.29) is 5.91 Å². The second-order valence-corrected chi connectivity index (χ2v) is 6.71. The smallest absolute Gasteiger partial charge is 0.274 e. The van der Waals surface area contributed by atoms with E-state index in [0.29, 0.717) is 11.4 Å². The number of hydrogen-bond acceptors (Lipinski definition) is 3. The molecule has 4 rings (SSSR count). The first-order chi connectivity index (χ1) is 14.1. The van der Waals surface area contributed by atoms with Gasteiger partial charge in [0.1, 0.15) is 11.4 Å². The lowest BCUT2D eigenvalue weighted by Crippen LogP contribution is -2.16.